The molecule has 0 amide bonds. The first-order valence-electron chi connectivity index (χ1n) is 8.50. The highest BCUT2D eigenvalue weighted by Crippen LogP contribution is 2.40. The van der Waals surface area contributed by atoms with Gasteiger partial charge in [-0.2, -0.15) is 0 Å². The van der Waals surface area contributed by atoms with Crippen molar-refractivity contribution in [2.24, 2.45) is 0 Å². The Hall–Kier alpha value is -2.85. The van der Waals surface area contributed by atoms with E-state index >= 15 is 0 Å². The lowest BCUT2D eigenvalue weighted by molar-refractivity contribution is 0.597. The first-order chi connectivity index (χ1) is 12.6. The van der Waals surface area contributed by atoms with Crippen LogP contribution in [0, 0.1) is 0 Å². The second-order valence-corrected chi connectivity index (χ2v) is 8.37. The average Bonchev–Trinajstić information content (AvgIpc) is 3.08. The monoisotopic (exact) mass is 362 g/mol. The van der Waals surface area contributed by atoms with Crippen molar-refractivity contribution in [3.05, 3.63) is 78.9 Å². The van der Waals surface area contributed by atoms with E-state index in [1.165, 1.54) is 0 Å². The Bertz CT molecular complexity index is 1160. The van der Waals surface area contributed by atoms with Gasteiger partial charge >= 0.3 is 0 Å². The molecule has 0 aliphatic carbocycles. The molecular formula is C22H18O3S. The lowest BCUT2D eigenvalue weighted by atomic mass is 9.99. The van der Waals surface area contributed by atoms with Gasteiger partial charge in [0.15, 0.2) is 9.84 Å². The summed E-state index contributed by atoms with van der Waals surface area (Å²) in [6, 6.07) is 24.9. The molecule has 3 aromatic carbocycles. The minimum absolute atomic E-state index is 0.0935. The maximum atomic E-state index is 12.1. The molecule has 0 fully saturated rings. The quantitative estimate of drug-likeness (QED) is 0.477. The van der Waals surface area contributed by atoms with Crippen molar-refractivity contribution in [3.63, 3.8) is 0 Å². The zero-order chi connectivity index (χ0) is 18.1. The summed E-state index contributed by atoms with van der Waals surface area (Å²) in [4.78, 5) is 0.345. The highest BCUT2D eigenvalue weighted by atomic mass is 32.2. The Kier molecular flexibility index (Phi) is 4.13. The lowest BCUT2D eigenvalue weighted by Crippen LogP contribution is -2.03. The van der Waals surface area contributed by atoms with E-state index < -0.39 is 9.84 Å². The number of hydrogen-bond acceptors (Lipinski definition) is 3. The summed E-state index contributed by atoms with van der Waals surface area (Å²) in [6.07, 6.45) is 0. The molecule has 4 aromatic rings. The molecule has 1 aromatic heterocycles. The van der Waals surface area contributed by atoms with Crippen LogP contribution in [0.25, 0.3) is 33.4 Å². The van der Waals surface area contributed by atoms with Gasteiger partial charge < -0.3 is 4.42 Å². The fourth-order valence-corrected chi connectivity index (χ4v) is 4.00. The summed E-state index contributed by atoms with van der Waals surface area (Å²) in [5.41, 5.74) is 3.71. The SMILES string of the molecule is CCS(=O)(=O)c1ccc(-c2c(-c3ccccc3)oc3ccccc23)cc1. The second-order valence-electron chi connectivity index (χ2n) is 6.10. The second kappa shape index (κ2) is 6.46. The van der Waals surface area contributed by atoms with Gasteiger partial charge in [0.25, 0.3) is 0 Å². The normalized spacial score (nSPS) is 11.7. The molecular weight excluding hydrogens is 344 g/mol. The maximum absolute atomic E-state index is 12.1. The van der Waals surface area contributed by atoms with Gasteiger partial charge in [0.1, 0.15) is 11.3 Å². The van der Waals surface area contributed by atoms with Gasteiger partial charge in [-0.25, -0.2) is 8.42 Å². The van der Waals surface area contributed by atoms with E-state index in [1.54, 1.807) is 19.1 Å². The molecule has 0 spiro atoms. The summed E-state index contributed by atoms with van der Waals surface area (Å²) in [5.74, 6) is 0.883. The summed E-state index contributed by atoms with van der Waals surface area (Å²) in [7, 11) is -3.21. The molecule has 0 bridgehead atoms. The van der Waals surface area contributed by atoms with Crippen LogP contribution >= 0.6 is 0 Å². The smallest absolute Gasteiger partial charge is 0.178 e. The molecule has 0 saturated carbocycles. The van der Waals surface area contributed by atoms with Crippen LogP contribution in [0.15, 0.2) is 88.2 Å². The van der Waals surface area contributed by atoms with E-state index in [0.717, 1.165) is 33.4 Å². The van der Waals surface area contributed by atoms with E-state index in [9.17, 15) is 8.42 Å². The van der Waals surface area contributed by atoms with E-state index in [1.807, 2.05) is 66.7 Å². The van der Waals surface area contributed by atoms with Crippen molar-refractivity contribution in [2.45, 2.75) is 11.8 Å². The van der Waals surface area contributed by atoms with Crippen LogP contribution < -0.4 is 0 Å². The third-order valence-electron chi connectivity index (χ3n) is 4.51. The predicted octanol–water partition coefficient (Wildman–Crippen LogP) is 5.56. The Morgan fingerprint density at radius 3 is 2.12 bits per heavy atom. The Labute approximate surface area is 152 Å². The zero-order valence-electron chi connectivity index (χ0n) is 14.3. The number of para-hydroxylation sites is 1. The summed E-state index contributed by atoms with van der Waals surface area (Å²) in [6.45, 7) is 1.65. The van der Waals surface area contributed by atoms with Gasteiger partial charge in [-0.15, -0.1) is 0 Å². The predicted molar refractivity (Wildman–Crippen MR) is 105 cm³/mol. The molecule has 0 unspecified atom stereocenters. The molecule has 0 saturated heterocycles. The molecule has 3 nitrogen and oxygen atoms in total. The number of fused-ring (bicyclic) bond motifs is 1. The number of benzene rings is 3. The van der Waals surface area contributed by atoms with Gasteiger partial charge in [-0.05, 0) is 23.8 Å². The summed E-state index contributed by atoms with van der Waals surface area (Å²) >= 11 is 0. The van der Waals surface area contributed by atoms with Gasteiger partial charge in [-0.3, -0.25) is 0 Å². The van der Waals surface area contributed by atoms with E-state index in [2.05, 4.69) is 0 Å². The number of sulfone groups is 1. The van der Waals surface area contributed by atoms with Crippen molar-refractivity contribution in [1.82, 2.24) is 0 Å². The largest absolute Gasteiger partial charge is 0.455 e. The van der Waals surface area contributed by atoms with Crippen LogP contribution in [0.5, 0.6) is 0 Å². The van der Waals surface area contributed by atoms with Crippen LogP contribution in [0.1, 0.15) is 6.92 Å². The van der Waals surface area contributed by atoms with Crippen molar-refractivity contribution in [1.29, 1.82) is 0 Å². The van der Waals surface area contributed by atoms with Gasteiger partial charge in [0.05, 0.1) is 10.6 Å². The van der Waals surface area contributed by atoms with Crippen LogP contribution in [0.3, 0.4) is 0 Å². The van der Waals surface area contributed by atoms with Gasteiger partial charge in [0, 0.05) is 16.5 Å². The van der Waals surface area contributed by atoms with Crippen molar-refractivity contribution in [2.75, 3.05) is 5.75 Å². The van der Waals surface area contributed by atoms with E-state index in [4.69, 9.17) is 4.42 Å². The average molecular weight is 362 g/mol. The van der Waals surface area contributed by atoms with Gasteiger partial charge in [0.2, 0.25) is 0 Å². The summed E-state index contributed by atoms with van der Waals surface area (Å²) in [5, 5.41) is 1.01. The lowest BCUT2D eigenvalue weighted by Gasteiger charge is -2.06. The topological polar surface area (TPSA) is 47.3 Å². The molecule has 4 rings (SSSR count). The van der Waals surface area contributed by atoms with E-state index in [0.29, 0.717) is 4.90 Å². The van der Waals surface area contributed by atoms with Crippen LogP contribution in [0.2, 0.25) is 0 Å². The fraction of sp³-hybridized carbons (Fsp3) is 0.0909. The highest BCUT2D eigenvalue weighted by molar-refractivity contribution is 7.91. The molecule has 130 valence electrons. The van der Waals surface area contributed by atoms with Gasteiger partial charge in [-0.1, -0.05) is 67.6 Å². The molecule has 0 aliphatic rings. The Morgan fingerprint density at radius 1 is 0.769 bits per heavy atom. The Balaban J connectivity index is 1.93. The van der Waals surface area contributed by atoms with Crippen molar-refractivity contribution in [3.8, 4) is 22.5 Å². The van der Waals surface area contributed by atoms with Crippen LogP contribution in [-0.2, 0) is 9.84 Å². The van der Waals surface area contributed by atoms with Crippen LogP contribution in [0.4, 0.5) is 0 Å². The molecule has 0 radical (unpaired) electrons. The molecule has 1 heterocycles. The minimum atomic E-state index is -3.21. The van der Waals surface area contributed by atoms with Crippen LogP contribution in [-0.4, -0.2) is 14.2 Å². The molecule has 0 N–H and O–H groups in total. The fourth-order valence-electron chi connectivity index (χ4n) is 3.12. The first kappa shape index (κ1) is 16.6. The summed E-state index contributed by atoms with van der Waals surface area (Å²) < 4.78 is 30.3. The maximum Gasteiger partial charge on any atom is 0.178 e. The zero-order valence-corrected chi connectivity index (χ0v) is 15.2. The Morgan fingerprint density at radius 2 is 1.42 bits per heavy atom. The first-order valence-corrected chi connectivity index (χ1v) is 10.2. The standard InChI is InChI=1S/C22H18O3S/c1-2-26(23,24)18-14-12-16(13-15-18)21-19-10-6-7-11-20(19)25-22(21)17-8-4-3-5-9-17/h3-15H,2H2,1H3. The molecule has 0 aliphatic heterocycles. The number of furan rings is 1. The van der Waals surface area contributed by atoms with Crippen molar-refractivity contribution < 1.29 is 12.8 Å². The third-order valence-corrected chi connectivity index (χ3v) is 6.26. The number of hydrogen-bond donors (Lipinski definition) is 0. The molecule has 26 heavy (non-hydrogen) atoms. The minimum Gasteiger partial charge on any atom is -0.455 e. The number of rotatable bonds is 4. The molecule has 4 heteroatoms. The highest BCUT2D eigenvalue weighted by Gasteiger charge is 2.18. The molecule has 0 atom stereocenters. The third kappa shape index (κ3) is 2.82. The van der Waals surface area contributed by atoms with E-state index in [-0.39, 0.29) is 5.75 Å². The van der Waals surface area contributed by atoms with Crippen molar-refractivity contribution >= 4 is 20.8 Å².